The van der Waals surface area contributed by atoms with Gasteiger partial charge in [0.25, 0.3) is 0 Å². The van der Waals surface area contributed by atoms with Gasteiger partial charge in [0.15, 0.2) is 0 Å². The number of hydrogen-bond acceptors (Lipinski definition) is 2. The van der Waals surface area contributed by atoms with Crippen molar-refractivity contribution in [1.82, 2.24) is 15.1 Å². The molecule has 1 fully saturated rings. The van der Waals surface area contributed by atoms with Gasteiger partial charge in [0, 0.05) is 12.7 Å². The fourth-order valence-corrected chi connectivity index (χ4v) is 2.81. The van der Waals surface area contributed by atoms with E-state index in [0.29, 0.717) is 12.0 Å². The number of nitrogens with zero attached hydrogens (tertiary/aromatic N) is 2. The maximum Gasteiger partial charge on any atom is 0.0762 e. The summed E-state index contributed by atoms with van der Waals surface area (Å²) in [4.78, 5) is 0. The van der Waals surface area contributed by atoms with Gasteiger partial charge in [0.1, 0.15) is 0 Å². The summed E-state index contributed by atoms with van der Waals surface area (Å²) in [6.45, 7) is 8.78. The lowest BCUT2D eigenvalue weighted by Crippen LogP contribution is -2.20. The van der Waals surface area contributed by atoms with Crippen molar-refractivity contribution in [2.75, 3.05) is 6.54 Å². The highest BCUT2D eigenvalue weighted by Gasteiger charge is 2.20. The van der Waals surface area contributed by atoms with Crippen molar-refractivity contribution in [3.05, 3.63) is 18.0 Å². The van der Waals surface area contributed by atoms with E-state index in [1.165, 1.54) is 31.4 Å². The summed E-state index contributed by atoms with van der Waals surface area (Å²) in [6.07, 6.45) is 7.49. The smallest absolute Gasteiger partial charge is 0.0762 e. The molecule has 3 heteroatoms. The molecule has 102 valence electrons. The molecule has 2 unspecified atom stereocenters. The van der Waals surface area contributed by atoms with Crippen LogP contribution in [0.1, 0.15) is 58.2 Å². The van der Waals surface area contributed by atoms with Gasteiger partial charge >= 0.3 is 0 Å². The molecule has 1 aliphatic carbocycles. The molecule has 0 bridgehead atoms. The van der Waals surface area contributed by atoms with Crippen LogP contribution in [0.3, 0.4) is 0 Å². The van der Waals surface area contributed by atoms with Gasteiger partial charge in [0.2, 0.25) is 0 Å². The summed E-state index contributed by atoms with van der Waals surface area (Å²) in [6, 6.07) is 2.79. The highest BCUT2D eigenvalue weighted by Crippen LogP contribution is 2.31. The zero-order valence-electron chi connectivity index (χ0n) is 12.0. The number of hydrogen-bond donors (Lipinski definition) is 1. The van der Waals surface area contributed by atoms with Crippen LogP contribution in [-0.4, -0.2) is 16.3 Å². The van der Waals surface area contributed by atoms with E-state index in [2.05, 4.69) is 43.0 Å². The molecule has 1 aliphatic rings. The molecule has 1 saturated carbocycles. The van der Waals surface area contributed by atoms with Crippen molar-refractivity contribution in [2.45, 2.75) is 59.0 Å². The Balaban J connectivity index is 1.85. The third-order valence-corrected chi connectivity index (χ3v) is 3.81. The molecule has 0 amide bonds. The van der Waals surface area contributed by atoms with Gasteiger partial charge in [-0.3, -0.25) is 4.68 Å². The fourth-order valence-electron chi connectivity index (χ4n) is 2.81. The average Bonchev–Trinajstić information content (AvgIpc) is 2.77. The van der Waals surface area contributed by atoms with Crippen LogP contribution in [0.25, 0.3) is 0 Å². The molecule has 1 heterocycles. The number of aromatic nitrogens is 2. The van der Waals surface area contributed by atoms with Crippen molar-refractivity contribution in [3.8, 4) is 0 Å². The summed E-state index contributed by atoms with van der Waals surface area (Å²) < 4.78 is 2.20. The minimum atomic E-state index is 0.632. The van der Waals surface area contributed by atoms with Gasteiger partial charge in [0.05, 0.1) is 11.7 Å². The Kier molecular flexibility index (Phi) is 4.81. The predicted molar refractivity (Wildman–Crippen MR) is 75.4 cm³/mol. The van der Waals surface area contributed by atoms with Crippen LogP contribution in [-0.2, 0) is 6.54 Å². The Morgan fingerprint density at radius 2 is 2.28 bits per heavy atom. The molecule has 1 aromatic heterocycles. The first-order chi connectivity index (χ1) is 8.65. The second kappa shape index (κ2) is 6.37. The van der Waals surface area contributed by atoms with Gasteiger partial charge in [-0.25, -0.2) is 0 Å². The fraction of sp³-hybridized carbons (Fsp3) is 0.800. The molecule has 1 N–H and O–H groups in total. The van der Waals surface area contributed by atoms with Gasteiger partial charge in [-0.15, -0.1) is 0 Å². The molecule has 3 nitrogen and oxygen atoms in total. The molecule has 0 saturated heterocycles. The van der Waals surface area contributed by atoms with Gasteiger partial charge in [-0.05, 0) is 37.3 Å². The van der Waals surface area contributed by atoms with Gasteiger partial charge in [-0.2, -0.15) is 5.10 Å². The van der Waals surface area contributed by atoms with Crippen molar-refractivity contribution in [3.63, 3.8) is 0 Å². The first-order valence-corrected chi connectivity index (χ1v) is 7.40. The van der Waals surface area contributed by atoms with E-state index in [4.69, 9.17) is 5.10 Å². The van der Waals surface area contributed by atoms with Crippen molar-refractivity contribution in [1.29, 1.82) is 0 Å². The molecule has 0 radical (unpaired) electrons. The average molecular weight is 249 g/mol. The van der Waals surface area contributed by atoms with Crippen molar-refractivity contribution < 1.29 is 0 Å². The van der Waals surface area contributed by atoms with Gasteiger partial charge < -0.3 is 5.32 Å². The molecule has 0 aliphatic heterocycles. The van der Waals surface area contributed by atoms with Crippen molar-refractivity contribution in [2.24, 2.45) is 11.8 Å². The molecular weight excluding hydrogens is 222 g/mol. The van der Waals surface area contributed by atoms with Gasteiger partial charge in [-0.1, -0.05) is 33.6 Å². The lowest BCUT2D eigenvalue weighted by atomic mass is 9.87. The standard InChI is InChI=1S/C15H27N3/c1-12(2)10-16-11-14-7-8-18(17-14)15-6-4-5-13(3)9-15/h7-8,12-13,15-16H,4-6,9-11H2,1-3H3. The minimum Gasteiger partial charge on any atom is -0.311 e. The highest BCUT2D eigenvalue weighted by atomic mass is 15.3. The topological polar surface area (TPSA) is 29.9 Å². The van der Waals surface area contributed by atoms with E-state index >= 15 is 0 Å². The second-order valence-electron chi connectivity index (χ2n) is 6.24. The van der Waals surface area contributed by atoms with Crippen LogP contribution in [0.4, 0.5) is 0 Å². The zero-order chi connectivity index (χ0) is 13.0. The monoisotopic (exact) mass is 249 g/mol. The van der Waals surface area contributed by atoms with E-state index in [1.54, 1.807) is 0 Å². The summed E-state index contributed by atoms with van der Waals surface area (Å²) >= 11 is 0. The molecule has 2 atom stereocenters. The quantitative estimate of drug-likeness (QED) is 0.867. The van der Waals surface area contributed by atoms with Crippen molar-refractivity contribution >= 4 is 0 Å². The van der Waals surface area contributed by atoms with Crippen LogP contribution in [0.5, 0.6) is 0 Å². The third kappa shape index (κ3) is 3.84. The van der Waals surface area contributed by atoms with E-state index in [1.807, 2.05) is 0 Å². The summed E-state index contributed by atoms with van der Waals surface area (Å²) in [5.41, 5.74) is 1.17. The molecule has 0 aromatic carbocycles. The Morgan fingerprint density at radius 1 is 1.44 bits per heavy atom. The number of nitrogens with one attached hydrogen (secondary N) is 1. The lowest BCUT2D eigenvalue weighted by Gasteiger charge is -2.26. The first kappa shape index (κ1) is 13.6. The molecule has 2 rings (SSSR count). The first-order valence-electron chi connectivity index (χ1n) is 7.40. The predicted octanol–water partition coefficient (Wildman–Crippen LogP) is 3.38. The summed E-state index contributed by atoms with van der Waals surface area (Å²) in [5.74, 6) is 1.56. The second-order valence-corrected chi connectivity index (χ2v) is 6.24. The lowest BCUT2D eigenvalue weighted by molar-refractivity contribution is 0.265. The largest absolute Gasteiger partial charge is 0.311 e. The normalized spacial score (nSPS) is 24.7. The van der Waals surface area contributed by atoms with E-state index in [-0.39, 0.29) is 0 Å². The minimum absolute atomic E-state index is 0.632. The van der Waals surface area contributed by atoms with E-state index in [0.717, 1.165) is 19.0 Å². The summed E-state index contributed by atoms with van der Waals surface area (Å²) in [5, 5.41) is 8.17. The van der Waals surface area contributed by atoms with Crippen LogP contribution in [0, 0.1) is 11.8 Å². The maximum atomic E-state index is 4.72. The Bertz CT molecular complexity index is 356. The molecular formula is C15H27N3. The van der Waals surface area contributed by atoms with E-state index in [9.17, 15) is 0 Å². The Hall–Kier alpha value is -0.830. The number of rotatable bonds is 5. The SMILES string of the molecule is CC(C)CNCc1ccn(C2CCCC(C)C2)n1. The van der Waals surface area contributed by atoms with E-state index < -0.39 is 0 Å². The van der Waals surface area contributed by atoms with Crippen LogP contribution < -0.4 is 5.32 Å². The van der Waals surface area contributed by atoms with Crippen LogP contribution in [0.15, 0.2) is 12.3 Å². The zero-order valence-corrected chi connectivity index (χ0v) is 12.0. The highest BCUT2D eigenvalue weighted by molar-refractivity contribution is 4.99. The van der Waals surface area contributed by atoms with Crippen LogP contribution in [0.2, 0.25) is 0 Å². The Morgan fingerprint density at radius 3 is 3.00 bits per heavy atom. The van der Waals surface area contributed by atoms with Crippen LogP contribution >= 0.6 is 0 Å². The Labute approximate surface area is 111 Å². The maximum absolute atomic E-state index is 4.72. The molecule has 0 spiro atoms. The molecule has 1 aromatic rings. The third-order valence-electron chi connectivity index (χ3n) is 3.81. The molecule has 18 heavy (non-hydrogen) atoms. The summed E-state index contributed by atoms with van der Waals surface area (Å²) in [7, 11) is 0.